The number of hydrazone groups is 1. The minimum Gasteiger partial charge on any atom is -0.493 e. The highest BCUT2D eigenvalue weighted by atomic mass is 32.1. The Bertz CT molecular complexity index is 1050. The number of hydrogen-bond donors (Lipinski definition) is 0. The van der Waals surface area contributed by atoms with Crippen molar-refractivity contribution in [1.82, 2.24) is 5.01 Å². The smallest absolute Gasteiger partial charge is 0.214 e. The molecule has 3 heterocycles. The average Bonchev–Trinajstić information content (AvgIpc) is 3.44. The molecule has 0 spiro atoms. The summed E-state index contributed by atoms with van der Waals surface area (Å²) in [6.45, 7) is 2.55. The van der Waals surface area contributed by atoms with Crippen LogP contribution in [0.5, 0.6) is 17.2 Å². The minimum absolute atomic E-state index is 0.152. The maximum absolute atomic E-state index is 6.42. The maximum Gasteiger partial charge on any atom is 0.214 e. The minimum atomic E-state index is -0.322. The zero-order valence-electron chi connectivity index (χ0n) is 16.4. The summed E-state index contributed by atoms with van der Waals surface area (Å²) in [7, 11) is 1.66. The van der Waals surface area contributed by atoms with Gasteiger partial charge in [-0.15, -0.1) is 11.3 Å². The fraction of sp³-hybridized carbons (Fsp3) is 0.261. The molecule has 2 aliphatic heterocycles. The van der Waals surface area contributed by atoms with Gasteiger partial charge in [-0.05, 0) is 42.6 Å². The van der Waals surface area contributed by atoms with Gasteiger partial charge in [0.05, 0.1) is 30.3 Å². The van der Waals surface area contributed by atoms with Gasteiger partial charge in [0.25, 0.3) is 0 Å². The van der Waals surface area contributed by atoms with Crippen LogP contribution in [0.3, 0.4) is 0 Å². The summed E-state index contributed by atoms with van der Waals surface area (Å²) in [6.07, 6.45) is 0.544. The number of benzene rings is 2. The van der Waals surface area contributed by atoms with Crippen LogP contribution in [0.2, 0.25) is 0 Å². The van der Waals surface area contributed by atoms with Crippen molar-refractivity contribution in [3.63, 3.8) is 0 Å². The molecule has 2 aliphatic rings. The van der Waals surface area contributed by atoms with Crippen LogP contribution in [0.1, 0.15) is 41.6 Å². The van der Waals surface area contributed by atoms with Crippen molar-refractivity contribution in [2.24, 2.45) is 5.10 Å². The van der Waals surface area contributed by atoms with Gasteiger partial charge >= 0.3 is 0 Å². The Kier molecular flexibility index (Phi) is 4.64. The Labute approximate surface area is 174 Å². The zero-order chi connectivity index (χ0) is 19.8. The lowest BCUT2D eigenvalue weighted by molar-refractivity contribution is -0.0191. The van der Waals surface area contributed by atoms with E-state index in [4.69, 9.17) is 19.3 Å². The molecule has 0 aliphatic carbocycles. The third-order valence-electron chi connectivity index (χ3n) is 5.28. The van der Waals surface area contributed by atoms with Crippen LogP contribution < -0.4 is 14.2 Å². The van der Waals surface area contributed by atoms with Crippen LogP contribution in [0.15, 0.2) is 65.1 Å². The lowest BCUT2D eigenvalue weighted by Gasteiger charge is -2.38. The third-order valence-corrected chi connectivity index (χ3v) is 6.20. The van der Waals surface area contributed by atoms with Crippen molar-refractivity contribution in [1.29, 1.82) is 0 Å². The predicted octanol–water partition coefficient (Wildman–Crippen LogP) is 5.40. The number of rotatable bonds is 5. The Balaban J connectivity index is 1.57. The maximum atomic E-state index is 6.42. The van der Waals surface area contributed by atoms with E-state index in [0.29, 0.717) is 12.4 Å². The molecule has 0 unspecified atom stereocenters. The van der Waals surface area contributed by atoms with Crippen molar-refractivity contribution in [2.45, 2.75) is 25.6 Å². The predicted molar refractivity (Wildman–Crippen MR) is 114 cm³/mol. The molecule has 6 heteroatoms. The lowest BCUT2D eigenvalue weighted by atomic mass is 9.97. The monoisotopic (exact) mass is 406 g/mol. The van der Waals surface area contributed by atoms with Crippen molar-refractivity contribution in [3.05, 3.63) is 76.0 Å². The quantitative estimate of drug-likeness (QED) is 0.569. The fourth-order valence-electron chi connectivity index (χ4n) is 3.96. The Morgan fingerprint density at radius 1 is 1.14 bits per heavy atom. The second-order valence-corrected chi connectivity index (χ2v) is 7.92. The SMILES string of the molecule is CCOc1ccc([C@@H]2Oc3ccccc3[C@H]3CC(c4cccs4)=NN32)cc1OC. The first kappa shape index (κ1) is 18.1. The largest absolute Gasteiger partial charge is 0.493 e. The molecule has 1 aromatic heterocycles. The van der Waals surface area contributed by atoms with E-state index in [1.54, 1.807) is 18.4 Å². The molecule has 0 amide bonds. The Morgan fingerprint density at radius 3 is 2.83 bits per heavy atom. The van der Waals surface area contributed by atoms with Gasteiger partial charge in [-0.1, -0.05) is 24.3 Å². The Morgan fingerprint density at radius 2 is 2.03 bits per heavy atom. The first-order chi connectivity index (χ1) is 14.3. The van der Waals surface area contributed by atoms with Crippen LogP contribution in [-0.4, -0.2) is 24.4 Å². The van der Waals surface area contributed by atoms with E-state index in [1.165, 1.54) is 10.4 Å². The van der Waals surface area contributed by atoms with E-state index in [2.05, 4.69) is 34.7 Å². The zero-order valence-corrected chi connectivity index (χ0v) is 17.2. The van der Waals surface area contributed by atoms with Crippen molar-refractivity contribution in [3.8, 4) is 17.2 Å². The molecule has 0 N–H and O–H groups in total. The summed E-state index contributed by atoms with van der Waals surface area (Å²) < 4.78 is 17.7. The second-order valence-electron chi connectivity index (χ2n) is 6.98. The lowest BCUT2D eigenvalue weighted by Crippen LogP contribution is -2.33. The fourth-order valence-corrected chi connectivity index (χ4v) is 4.68. The summed E-state index contributed by atoms with van der Waals surface area (Å²) in [5.74, 6) is 2.34. The number of para-hydroxylation sites is 1. The number of methoxy groups -OCH3 is 1. The summed E-state index contributed by atoms with van der Waals surface area (Å²) in [5, 5.41) is 9.17. The van der Waals surface area contributed by atoms with Gasteiger partial charge in [-0.3, -0.25) is 0 Å². The molecule has 148 valence electrons. The normalized spacial score (nSPS) is 19.8. The first-order valence-electron chi connectivity index (χ1n) is 9.74. The van der Waals surface area contributed by atoms with Crippen LogP contribution >= 0.6 is 11.3 Å². The van der Waals surface area contributed by atoms with Gasteiger partial charge in [0, 0.05) is 17.5 Å². The van der Waals surface area contributed by atoms with Gasteiger partial charge in [-0.25, -0.2) is 5.01 Å². The van der Waals surface area contributed by atoms with E-state index in [1.807, 2.05) is 37.3 Å². The standard InChI is InChI=1S/C23H22N2O3S/c1-3-27-20-11-10-15(13-21(20)26-2)23-25-18(16-7-4-5-8-19(16)28-23)14-17(24-25)22-9-6-12-29-22/h4-13,18,23H,3,14H2,1-2H3/t18-,23+/m1/s1. The summed E-state index contributed by atoms with van der Waals surface area (Å²) in [4.78, 5) is 1.21. The highest BCUT2D eigenvalue weighted by Gasteiger charge is 2.41. The molecule has 5 rings (SSSR count). The highest BCUT2D eigenvalue weighted by molar-refractivity contribution is 7.12. The molecule has 5 nitrogen and oxygen atoms in total. The Hall–Kier alpha value is -2.99. The molecular formula is C23H22N2O3S. The molecule has 3 aromatic rings. The second kappa shape index (κ2) is 7.44. The number of ether oxygens (including phenoxy) is 3. The van der Waals surface area contributed by atoms with E-state index < -0.39 is 0 Å². The van der Waals surface area contributed by atoms with Crippen molar-refractivity contribution < 1.29 is 14.2 Å². The number of thiophene rings is 1. The van der Waals surface area contributed by atoms with E-state index in [-0.39, 0.29) is 12.3 Å². The molecule has 29 heavy (non-hydrogen) atoms. The molecular weight excluding hydrogens is 384 g/mol. The summed E-state index contributed by atoms with van der Waals surface area (Å²) in [6, 6.07) is 18.5. The van der Waals surface area contributed by atoms with Gasteiger partial charge in [-0.2, -0.15) is 5.10 Å². The summed E-state index contributed by atoms with van der Waals surface area (Å²) >= 11 is 1.72. The third kappa shape index (κ3) is 3.13. The molecule has 0 saturated heterocycles. The summed E-state index contributed by atoms with van der Waals surface area (Å²) in [5.41, 5.74) is 3.27. The van der Waals surface area contributed by atoms with Crippen molar-refractivity contribution >= 4 is 17.0 Å². The van der Waals surface area contributed by atoms with Gasteiger partial charge < -0.3 is 14.2 Å². The average molecular weight is 407 g/mol. The van der Waals surface area contributed by atoms with E-state index in [0.717, 1.165) is 29.2 Å². The molecule has 2 aromatic carbocycles. The van der Waals surface area contributed by atoms with Gasteiger partial charge in [0.15, 0.2) is 11.5 Å². The molecule has 0 saturated carbocycles. The molecule has 0 radical (unpaired) electrons. The van der Waals surface area contributed by atoms with E-state index in [9.17, 15) is 0 Å². The van der Waals surface area contributed by atoms with E-state index >= 15 is 0 Å². The van der Waals surface area contributed by atoms with Gasteiger partial charge in [0.1, 0.15) is 5.75 Å². The number of hydrogen-bond acceptors (Lipinski definition) is 6. The molecule has 0 fully saturated rings. The van der Waals surface area contributed by atoms with Crippen LogP contribution in [0.4, 0.5) is 0 Å². The van der Waals surface area contributed by atoms with Gasteiger partial charge in [0.2, 0.25) is 6.23 Å². The van der Waals surface area contributed by atoms with Crippen LogP contribution in [-0.2, 0) is 0 Å². The topological polar surface area (TPSA) is 43.3 Å². The first-order valence-corrected chi connectivity index (χ1v) is 10.6. The highest BCUT2D eigenvalue weighted by Crippen LogP contribution is 2.48. The molecule has 0 bridgehead atoms. The number of nitrogens with zero attached hydrogens (tertiary/aromatic N) is 2. The molecule has 2 atom stereocenters. The number of fused-ring (bicyclic) bond motifs is 3. The van der Waals surface area contributed by atoms with Crippen LogP contribution in [0.25, 0.3) is 0 Å². The van der Waals surface area contributed by atoms with Crippen LogP contribution in [0, 0.1) is 0 Å². The van der Waals surface area contributed by atoms with Crippen molar-refractivity contribution in [2.75, 3.05) is 13.7 Å².